The van der Waals surface area contributed by atoms with Crippen molar-refractivity contribution >= 4 is 0 Å². The number of benzene rings is 2. The second-order valence-electron chi connectivity index (χ2n) is 6.69. The van der Waals surface area contributed by atoms with Crippen molar-refractivity contribution in [3.8, 4) is 0 Å². The second-order valence-corrected chi connectivity index (χ2v) is 6.69. The molecular formula is C20H23F2NO. The lowest BCUT2D eigenvalue weighted by Gasteiger charge is -2.40. The first kappa shape index (κ1) is 17.1. The van der Waals surface area contributed by atoms with Crippen LogP contribution in [-0.4, -0.2) is 29.2 Å². The van der Waals surface area contributed by atoms with Crippen LogP contribution < -0.4 is 0 Å². The number of aliphatic hydroxyl groups excluding tert-OH is 1. The van der Waals surface area contributed by atoms with Gasteiger partial charge in [-0.3, -0.25) is 4.90 Å². The molecule has 1 aliphatic rings. The molecule has 0 amide bonds. The third-order valence-electron chi connectivity index (χ3n) is 4.99. The lowest BCUT2D eigenvalue weighted by Crippen LogP contribution is -2.42. The van der Waals surface area contributed by atoms with E-state index in [1.165, 1.54) is 17.7 Å². The highest BCUT2D eigenvalue weighted by Gasteiger charge is 2.33. The molecule has 3 atom stereocenters. The predicted octanol–water partition coefficient (Wildman–Crippen LogP) is 3.95. The topological polar surface area (TPSA) is 23.5 Å². The molecule has 2 nitrogen and oxygen atoms in total. The summed E-state index contributed by atoms with van der Waals surface area (Å²) in [5, 5.41) is 10.1. The Hall–Kier alpha value is -1.78. The molecule has 0 saturated carbocycles. The van der Waals surface area contributed by atoms with Crippen LogP contribution in [0.15, 0.2) is 48.5 Å². The maximum Gasteiger partial charge on any atom is 0.159 e. The van der Waals surface area contributed by atoms with Crippen molar-refractivity contribution in [3.63, 3.8) is 0 Å². The summed E-state index contributed by atoms with van der Waals surface area (Å²) in [7, 11) is 0. The molecule has 0 bridgehead atoms. The maximum atomic E-state index is 13.7. The number of halogens is 2. The molecule has 0 aliphatic carbocycles. The molecule has 2 aromatic rings. The molecule has 1 N–H and O–H groups in total. The predicted molar refractivity (Wildman–Crippen MR) is 90.6 cm³/mol. The quantitative estimate of drug-likeness (QED) is 0.917. The van der Waals surface area contributed by atoms with Crippen molar-refractivity contribution in [2.24, 2.45) is 5.92 Å². The highest BCUT2D eigenvalue weighted by Crippen LogP contribution is 2.35. The normalized spacial score (nSPS) is 23.2. The molecule has 0 aromatic heterocycles. The lowest BCUT2D eigenvalue weighted by atomic mass is 9.78. The van der Waals surface area contributed by atoms with Gasteiger partial charge in [-0.05, 0) is 49.1 Å². The molecule has 1 aliphatic heterocycles. The zero-order valence-electron chi connectivity index (χ0n) is 13.8. The van der Waals surface area contributed by atoms with Gasteiger partial charge < -0.3 is 5.11 Å². The van der Waals surface area contributed by atoms with Crippen LogP contribution in [-0.2, 0) is 6.54 Å². The fourth-order valence-corrected chi connectivity index (χ4v) is 3.70. The highest BCUT2D eigenvalue weighted by molar-refractivity contribution is 5.24. The zero-order valence-corrected chi connectivity index (χ0v) is 13.8. The van der Waals surface area contributed by atoms with Crippen molar-refractivity contribution in [1.29, 1.82) is 0 Å². The average molecular weight is 331 g/mol. The Kier molecular flexibility index (Phi) is 5.27. The fraction of sp³-hybridized carbons (Fsp3) is 0.400. The van der Waals surface area contributed by atoms with Crippen LogP contribution in [0.3, 0.4) is 0 Å². The fourth-order valence-electron chi connectivity index (χ4n) is 3.70. The molecule has 0 spiro atoms. The van der Waals surface area contributed by atoms with Gasteiger partial charge in [-0.2, -0.15) is 0 Å². The standard InChI is InChI=1S/C20H23F2NO/c1-14(24)17-9-10-23(12-15-5-3-2-4-6-15)13-18(17)16-7-8-19(21)20(22)11-16/h2-8,11,14,17-18,24H,9-10,12-13H2,1H3/t14?,17-,18-/m1/s1. The van der Waals surface area contributed by atoms with E-state index < -0.39 is 17.7 Å². The van der Waals surface area contributed by atoms with Gasteiger partial charge in [0.25, 0.3) is 0 Å². The Labute approximate surface area is 141 Å². The molecule has 0 radical (unpaired) electrons. The van der Waals surface area contributed by atoms with Gasteiger partial charge in [0.05, 0.1) is 6.10 Å². The highest BCUT2D eigenvalue weighted by atomic mass is 19.2. The summed E-state index contributed by atoms with van der Waals surface area (Å²) < 4.78 is 26.9. The van der Waals surface area contributed by atoms with Crippen LogP contribution in [0.1, 0.15) is 30.4 Å². The van der Waals surface area contributed by atoms with Gasteiger partial charge in [0, 0.05) is 19.0 Å². The van der Waals surface area contributed by atoms with Gasteiger partial charge in [-0.15, -0.1) is 0 Å². The SMILES string of the molecule is CC(O)[C@H]1CCN(Cc2ccccc2)C[C@@H]1c1ccc(F)c(F)c1. The zero-order chi connectivity index (χ0) is 17.1. The molecular weight excluding hydrogens is 308 g/mol. The van der Waals surface area contributed by atoms with Crippen molar-refractivity contribution in [1.82, 2.24) is 4.90 Å². The first-order valence-corrected chi connectivity index (χ1v) is 8.44. The molecule has 3 rings (SSSR count). The van der Waals surface area contributed by atoms with Crippen LogP contribution in [0.4, 0.5) is 8.78 Å². The van der Waals surface area contributed by atoms with E-state index in [1.807, 2.05) is 18.2 Å². The minimum atomic E-state index is -0.829. The summed E-state index contributed by atoms with van der Waals surface area (Å²) in [4.78, 5) is 2.32. The minimum Gasteiger partial charge on any atom is -0.393 e. The molecule has 1 saturated heterocycles. The summed E-state index contributed by atoms with van der Waals surface area (Å²) in [6.07, 6.45) is 0.371. The van der Waals surface area contributed by atoms with Crippen LogP contribution in [0.2, 0.25) is 0 Å². The van der Waals surface area contributed by atoms with Gasteiger partial charge in [0.1, 0.15) is 0 Å². The Morgan fingerprint density at radius 2 is 1.88 bits per heavy atom. The van der Waals surface area contributed by atoms with E-state index in [4.69, 9.17) is 0 Å². The summed E-state index contributed by atoms with van der Waals surface area (Å²) in [5.41, 5.74) is 1.99. The van der Waals surface area contributed by atoms with Crippen LogP contribution >= 0.6 is 0 Å². The van der Waals surface area contributed by atoms with Crippen molar-refractivity contribution < 1.29 is 13.9 Å². The lowest BCUT2D eigenvalue weighted by molar-refractivity contribution is 0.0519. The Bertz CT molecular complexity index is 675. The van der Waals surface area contributed by atoms with E-state index in [0.29, 0.717) is 0 Å². The minimum absolute atomic E-state index is 0.00226. The van der Waals surface area contributed by atoms with E-state index in [0.717, 1.165) is 31.6 Å². The maximum absolute atomic E-state index is 13.7. The van der Waals surface area contributed by atoms with Crippen LogP contribution in [0, 0.1) is 17.6 Å². The first-order valence-electron chi connectivity index (χ1n) is 8.44. The summed E-state index contributed by atoms with van der Waals surface area (Å²) in [6, 6.07) is 14.3. The van der Waals surface area contributed by atoms with Crippen LogP contribution in [0.5, 0.6) is 0 Å². The summed E-state index contributed by atoms with van der Waals surface area (Å²) in [6.45, 7) is 4.23. The van der Waals surface area contributed by atoms with Gasteiger partial charge >= 0.3 is 0 Å². The molecule has 1 heterocycles. The molecule has 1 fully saturated rings. The number of nitrogens with zero attached hydrogens (tertiary/aromatic N) is 1. The average Bonchev–Trinajstić information content (AvgIpc) is 2.58. The number of likely N-dealkylation sites (tertiary alicyclic amines) is 1. The number of hydrogen-bond acceptors (Lipinski definition) is 2. The van der Waals surface area contributed by atoms with Crippen molar-refractivity contribution in [2.45, 2.75) is 31.9 Å². The van der Waals surface area contributed by atoms with Gasteiger partial charge in [-0.1, -0.05) is 36.4 Å². The summed E-state index contributed by atoms with van der Waals surface area (Å²) >= 11 is 0. The largest absolute Gasteiger partial charge is 0.393 e. The Balaban J connectivity index is 1.80. The third-order valence-corrected chi connectivity index (χ3v) is 4.99. The molecule has 128 valence electrons. The number of piperidine rings is 1. The van der Waals surface area contributed by atoms with Gasteiger partial charge in [0.15, 0.2) is 11.6 Å². The number of hydrogen-bond donors (Lipinski definition) is 1. The summed E-state index contributed by atoms with van der Waals surface area (Å²) in [5.74, 6) is -1.60. The Morgan fingerprint density at radius 1 is 1.12 bits per heavy atom. The van der Waals surface area contributed by atoms with Gasteiger partial charge in [-0.25, -0.2) is 8.78 Å². The number of aliphatic hydroxyl groups is 1. The van der Waals surface area contributed by atoms with E-state index in [1.54, 1.807) is 13.0 Å². The number of rotatable bonds is 4. The monoisotopic (exact) mass is 331 g/mol. The van der Waals surface area contributed by atoms with Crippen molar-refractivity contribution in [3.05, 3.63) is 71.3 Å². The van der Waals surface area contributed by atoms with Crippen LogP contribution in [0.25, 0.3) is 0 Å². The second kappa shape index (κ2) is 7.41. The van der Waals surface area contributed by atoms with Crippen molar-refractivity contribution in [2.75, 3.05) is 13.1 Å². The molecule has 2 aromatic carbocycles. The first-order chi connectivity index (χ1) is 11.5. The van der Waals surface area contributed by atoms with E-state index in [2.05, 4.69) is 17.0 Å². The molecule has 4 heteroatoms. The Morgan fingerprint density at radius 3 is 2.54 bits per heavy atom. The molecule has 24 heavy (non-hydrogen) atoms. The van der Waals surface area contributed by atoms with E-state index >= 15 is 0 Å². The third kappa shape index (κ3) is 3.82. The van der Waals surface area contributed by atoms with E-state index in [-0.39, 0.29) is 11.8 Å². The van der Waals surface area contributed by atoms with E-state index in [9.17, 15) is 13.9 Å². The smallest absolute Gasteiger partial charge is 0.159 e. The molecule has 1 unspecified atom stereocenters. The van der Waals surface area contributed by atoms with Gasteiger partial charge in [0.2, 0.25) is 0 Å².